The van der Waals surface area contributed by atoms with Crippen LogP contribution in [-0.4, -0.2) is 65.9 Å². The first-order chi connectivity index (χ1) is 13.9. The molecule has 1 amide bonds. The number of nitrogens with zero attached hydrogens (tertiary/aromatic N) is 2. The predicted octanol–water partition coefficient (Wildman–Crippen LogP) is 2.65. The maximum atomic E-state index is 14.0. The van der Waals surface area contributed by atoms with Crippen LogP contribution < -0.4 is 0 Å². The molecule has 1 aromatic rings. The summed E-state index contributed by atoms with van der Waals surface area (Å²) in [6.07, 6.45) is 1.07. The molecule has 3 aliphatic rings. The Morgan fingerprint density at radius 2 is 2.07 bits per heavy atom. The third-order valence-electron chi connectivity index (χ3n) is 6.34. The number of piperidine rings is 1. The van der Waals surface area contributed by atoms with E-state index in [4.69, 9.17) is 14.4 Å². The fourth-order valence-corrected chi connectivity index (χ4v) is 5.03. The first-order valence-corrected chi connectivity index (χ1v) is 10.7. The summed E-state index contributed by atoms with van der Waals surface area (Å²) in [6.45, 7) is 3.46. The lowest BCUT2D eigenvalue weighted by molar-refractivity contribution is -0.299. The molecule has 7 nitrogen and oxygen atoms in total. The fourth-order valence-electron chi connectivity index (χ4n) is 4.67. The number of amides is 1. The van der Waals surface area contributed by atoms with Crippen LogP contribution in [0.2, 0.25) is 0 Å². The van der Waals surface area contributed by atoms with Crippen molar-refractivity contribution in [2.75, 3.05) is 26.8 Å². The lowest BCUT2D eigenvalue weighted by atomic mass is 9.78. The normalized spacial score (nSPS) is 29.9. The van der Waals surface area contributed by atoms with Crippen molar-refractivity contribution >= 4 is 21.8 Å². The van der Waals surface area contributed by atoms with Gasteiger partial charge in [0.05, 0.1) is 30.2 Å². The van der Waals surface area contributed by atoms with Crippen molar-refractivity contribution < 1.29 is 28.7 Å². The zero-order valence-electron chi connectivity index (χ0n) is 16.6. The molecule has 3 aliphatic heterocycles. The molecule has 1 spiro atoms. The topological polar surface area (TPSA) is 71.5 Å². The Kier molecular flexibility index (Phi) is 5.98. The Morgan fingerprint density at radius 3 is 2.69 bits per heavy atom. The van der Waals surface area contributed by atoms with Crippen molar-refractivity contribution in [3.63, 3.8) is 0 Å². The van der Waals surface area contributed by atoms with Crippen LogP contribution in [0.3, 0.4) is 0 Å². The van der Waals surface area contributed by atoms with Crippen molar-refractivity contribution in [1.82, 2.24) is 10.1 Å². The number of benzene rings is 1. The number of carbonyl (C=O) groups excluding carboxylic acids is 1. The molecule has 160 valence electrons. The first kappa shape index (κ1) is 21.1. The lowest BCUT2D eigenvalue weighted by Gasteiger charge is -2.45. The van der Waals surface area contributed by atoms with E-state index in [1.807, 2.05) is 0 Å². The number of aliphatic hydroxyl groups is 1. The van der Waals surface area contributed by atoms with Gasteiger partial charge in [-0.05, 0) is 65.4 Å². The molecular formula is C20H26BrFN2O5. The number of carbonyl (C=O) groups is 1. The highest BCUT2D eigenvalue weighted by atomic mass is 79.9. The average Bonchev–Trinajstić information content (AvgIpc) is 3.28. The van der Waals surface area contributed by atoms with Gasteiger partial charge in [0.2, 0.25) is 0 Å². The minimum Gasteiger partial charge on any atom is -0.389 e. The van der Waals surface area contributed by atoms with Gasteiger partial charge in [-0.1, -0.05) is 0 Å². The van der Waals surface area contributed by atoms with Crippen LogP contribution in [0.15, 0.2) is 16.6 Å². The number of ether oxygens (including phenoxy) is 1. The molecular weight excluding hydrogens is 447 g/mol. The molecule has 9 heteroatoms. The van der Waals surface area contributed by atoms with E-state index >= 15 is 0 Å². The summed E-state index contributed by atoms with van der Waals surface area (Å²) in [5.41, 5.74) is 0.338. The van der Waals surface area contributed by atoms with Crippen molar-refractivity contribution in [2.45, 2.75) is 56.5 Å². The van der Waals surface area contributed by atoms with E-state index in [0.29, 0.717) is 50.1 Å². The number of halogens is 2. The first-order valence-electron chi connectivity index (χ1n) is 9.92. The third kappa shape index (κ3) is 3.62. The predicted molar refractivity (Wildman–Crippen MR) is 105 cm³/mol. The highest BCUT2D eigenvalue weighted by molar-refractivity contribution is 9.10. The molecule has 0 aliphatic carbocycles. The molecule has 0 bridgehead atoms. The summed E-state index contributed by atoms with van der Waals surface area (Å²) >= 11 is 3.20. The average molecular weight is 473 g/mol. The monoisotopic (exact) mass is 472 g/mol. The largest absolute Gasteiger partial charge is 0.389 e. The number of hydrogen-bond donors (Lipinski definition) is 1. The smallest absolute Gasteiger partial charge is 0.257 e. The van der Waals surface area contributed by atoms with Gasteiger partial charge >= 0.3 is 0 Å². The number of hydrogen-bond acceptors (Lipinski definition) is 6. The minimum atomic E-state index is -0.994. The van der Waals surface area contributed by atoms with Crippen molar-refractivity contribution in [3.05, 3.63) is 33.5 Å². The van der Waals surface area contributed by atoms with Crippen molar-refractivity contribution in [2.24, 2.45) is 0 Å². The second kappa shape index (κ2) is 8.20. The molecule has 0 aromatic heterocycles. The Labute approximate surface area is 177 Å². The molecule has 3 unspecified atom stereocenters. The Balaban J connectivity index is 1.71. The van der Waals surface area contributed by atoms with Crippen LogP contribution in [-0.2, 0) is 19.2 Å². The molecule has 0 saturated carbocycles. The summed E-state index contributed by atoms with van der Waals surface area (Å²) in [6, 6.07) is 2.97. The summed E-state index contributed by atoms with van der Waals surface area (Å²) in [7, 11) is 1.61. The summed E-state index contributed by atoms with van der Waals surface area (Å²) in [5, 5.41) is 14.6. The van der Waals surface area contributed by atoms with Crippen molar-refractivity contribution in [1.29, 1.82) is 0 Å². The van der Waals surface area contributed by atoms with E-state index in [0.717, 1.165) is 6.42 Å². The van der Waals surface area contributed by atoms with Crippen LogP contribution in [0.4, 0.5) is 4.39 Å². The van der Waals surface area contributed by atoms with E-state index < -0.39 is 29.7 Å². The maximum Gasteiger partial charge on any atom is 0.257 e. The number of aryl methyl sites for hydroxylation is 1. The van der Waals surface area contributed by atoms with Gasteiger partial charge in [-0.2, -0.15) is 5.06 Å². The highest BCUT2D eigenvalue weighted by Gasteiger charge is 2.61. The zero-order chi connectivity index (χ0) is 20.8. The van der Waals surface area contributed by atoms with Gasteiger partial charge < -0.3 is 14.7 Å². The Hall–Kier alpha value is -1.10. The molecule has 3 heterocycles. The van der Waals surface area contributed by atoms with E-state index in [1.165, 1.54) is 11.1 Å². The van der Waals surface area contributed by atoms with E-state index in [-0.39, 0.29) is 10.4 Å². The van der Waals surface area contributed by atoms with Gasteiger partial charge in [-0.3, -0.25) is 4.79 Å². The summed E-state index contributed by atoms with van der Waals surface area (Å²) < 4.78 is 19.8. The minimum absolute atomic E-state index is 0.264. The Morgan fingerprint density at radius 1 is 1.34 bits per heavy atom. The highest BCUT2D eigenvalue weighted by Crippen LogP contribution is 2.48. The third-order valence-corrected chi connectivity index (χ3v) is 6.95. The molecule has 1 N–H and O–H groups in total. The second-order valence-electron chi connectivity index (χ2n) is 7.94. The standard InChI is InChI=1S/C20H26BrFN2O5/c1-12-10-15(22)14(21)11-13(12)17-18(25)20(5-7-23(27-2)8-6-20)24(19(17)26)29-16-4-3-9-28-16/h10-11,16-18,25H,3-9H2,1-2H3. The summed E-state index contributed by atoms with van der Waals surface area (Å²) in [5.74, 6) is -1.55. The molecule has 3 fully saturated rings. The van der Waals surface area contributed by atoms with Gasteiger partial charge in [0.15, 0.2) is 6.29 Å². The number of hydroxylamine groups is 4. The Bertz CT molecular complexity index is 780. The van der Waals surface area contributed by atoms with Gasteiger partial charge in [0, 0.05) is 19.5 Å². The zero-order valence-corrected chi connectivity index (χ0v) is 18.2. The molecule has 3 atom stereocenters. The van der Waals surface area contributed by atoms with Crippen LogP contribution in [0.25, 0.3) is 0 Å². The van der Waals surface area contributed by atoms with Gasteiger partial charge in [0.1, 0.15) is 11.4 Å². The maximum absolute atomic E-state index is 14.0. The van der Waals surface area contributed by atoms with Crippen LogP contribution in [0, 0.1) is 12.7 Å². The SMILES string of the molecule is CON1CCC2(CC1)C(O)C(c1cc(Br)c(F)cc1C)C(=O)N2OC1CCCO1. The van der Waals surface area contributed by atoms with Crippen LogP contribution in [0.1, 0.15) is 42.7 Å². The van der Waals surface area contributed by atoms with Gasteiger partial charge in [0.25, 0.3) is 5.91 Å². The number of rotatable bonds is 4. The van der Waals surface area contributed by atoms with E-state index in [1.54, 1.807) is 25.2 Å². The fraction of sp³-hybridized carbons (Fsp3) is 0.650. The molecule has 3 saturated heterocycles. The molecule has 1 aromatic carbocycles. The molecule has 4 rings (SSSR count). The van der Waals surface area contributed by atoms with E-state index in [9.17, 15) is 14.3 Å². The van der Waals surface area contributed by atoms with Gasteiger partial charge in [-0.25, -0.2) is 14.3 Å². The summed E-state index contributed by atoms with van der Waals surface area (Å²) in [4.78, 5) is 24.8. The van der Waals surface area contributed by atoms with Crippen LogP contribution >= 0.6 is 15.9 Å². The molecule has 29 heavy (non-hydrogen) atoms. The van der Waals surface area contributed by atoms with Crippen LogP contribution in [0.5, 0.6) is 0 Å². The number of aliphatic hydroxyl groups excluding tert-OH is 1. The second-order valence-corrected chi connectivity index (χ2v) is 8.80. The van der Waals surface area contributed by atoms with Gasteiger partial charge in [-0.15, -0.1) is 0 Å². The van der Waals surface area contributed by atoms with E-state index in [2.05, 4.69) is 15.9 Å². The molecule has 0 radical (unpaired) electrons. The lowest BCUT2D eigenvalue weighted by Crippen LogP contribution is -2.58. The quantitative estimate of drug-likeness (QED) is 0.726. The van der Waals surface area contributed by atoms with Crippen molar-refractivity contribution in [3.8, 4) is 0 Å².